The van der Waals surface area contributed by atoms with Crippen LogP contribution in [0.25, 0.3) is 6.08 Å². The molecule has 0 atom stereocenters. The Bertz CT molecular complexity index is 926. The van der Waals surface area contributed by atoms with Crippen LogP contribution in [0, 0.1) is 10.1 Å². The van der Waals surface area contributed by atoms with Gasteiger partial charge in [0.25, 0.3) is 0 Å². The lowest BCUT2D eigenvalue weighted by Gasteiger charge is -2.01. The van der Waals surface area contributed by atoms with E-state index in [1.165, 1.54) is 18.2 Å². The Morgan fingerprint density at radius 2 is 2.00 bits per heavy atom. The van der Waals surface area contributed by atoms with E-state index in [0.29, 0.717) is 17.1 Å². The molecule has 120 valence electrons. The molecular weight excluding hydrogens is 320 g/mol. The largest absolute Gasteiger partial charge is 0.454 e. The van der Waals surface area contributed by atoms with Gasteiger partial charge >= 0.3 is 11.9 Å². The predicted octanol–water partition coefficient (Wildman–Crippen LogP) is 2.26. The zero-order chi connectivity index (χ0) is 16.7. The molecule has 0 bridgehead atoms. The second-order valence-corrected chi connectivity index (χ2v) is 4.84. The highest BCUT2D eigenvalue weighted by Crippen LogP contribution is 2.33. The highest BCUT2D eigenvalue weighted by atomic mass is 16.7. The van der Waals surface area contributed by atoms with Crippen LogP contribution in [0.3, 0.4) is 0 Å². The molecule has 0 saturated heterocycles. The summed E-state index contributed by atoms with van der Waals surface area (Å²) in [5.74, 6) is 0.262. The van der Waals surface area contributed by atoms with Crippen molar-refractivity contribution in [1.82, 2.24) is 0 Å². The Morgan fingerprint density at radius 1 is 1.17 bits per heavy atom. The van der Waals surface area contributed by atoms with Crippen LogP contribution in [0.2, 0.25) is 0 Å². The van der Waals surface area contributed by atoms with Crippen LogP contribution < -0.4 is 9.47 Å². The minimum absolute atomic E-state index is 0.0214. The number of carbonyl (C=O) groups is 1. The number of benzene rings is 1. The fraction of sp³-hybridized carbons (Fsp3) is 0.0667. The van der Waals surface area contributed by atoms with Gasteiger partial charge in [0.15, 0.2) is 17.2 Å². The second-order valence-electron chi connectivity index (χ2n) is 4.84. The Morgan fingerprint density at radius 3 is 2.79 bits per heavy atom. The van der Waals surface area contributed by atoms with E-state index in [2.05, 4.69) is 4.99 Å². The van der Waals surface area contributed by atoms with E-state index in [0.717, 1.165) is 0 Å². The maximum Gasteiger partial charge on any atom is 0.433 e. The minimum atomic E-state index is -0.679. The average molecular weight is 328 g/mol. The quantitative estimate of drug-likeness (QED) is 0.367. The van der Waals surface area contributed by atoms with Gasteiger partial charge in [-0.05, 0) is 24.3 Å². The number of cyclic esters (lactones) is 1. The number of esters is 1. The molecule has 1 aromatic heterocycles. The first kappa shape index (κ1) is 14.0. The van der Waals surface area contributed by atoms with Crippen LogP contribution in [0.15, 0.2) is 45.4 Å². The molecule has 0 aliphatic carbocycles. The molecule has 0 saturated carbocycles. The highest BCUT2D eigenvalue weighted by molar-refractivity contribution is 6.12. The maximum absolute atomic E-state index is 11.9. The number of hydrogen-bond acceptors (Lipinski definition) is 8. The van der Waals surface area contributed by atoms with Crippen LogP contribution in [-0.4, -0.2) is 23.6 Å². The van der Waals surface area contributed by atoms with E-state index < -0.39 is 16.8 Å². The molecule has 0 N–H and O–H groups in total. The van der Waals surface area contributed by atoms with Crippen molar-refractivity contribution in [2.45, 2.75) is 0 Å². The number of carbonyl (C=O) groups excluding carboxylic acids is 1. The standard InChI is InChI=1S/C15H8N2O7/c18-15-10(6-9-2-4-13(23-9)17(19)20)16-14(24-15)8-1-3-11-12(5-8)22-7-21-11/h1-6H,7H2/b10-6-. The summed E-state index contributed by atoms with van der Waals surface area (Å²) in [6, 6.07) is 7.57. The number of rotatable bonds is 3. The van der Waals surface area contributed by atoms with Gasteiger partial charge in [-0.15, -0.1) is 0 Å². The summed E-state index contributed by atoms with van der Waals surface area (Å²) in [7, 11) is 0. The molecule has 2 aromatic rings. The first-order valence-corrected chi connectivity index (χ1v) is 6.77. The Balaban J connectivity index is 1.64. The van der Waals surface area contributed by atoms with Crippen molar-refractivity contribution in [3.05, 3.63) is 57.5 Å². The molecule has 9 heteroatoms. The number of nitro groups is 1. The van der Waals surface area contributed by atoms with Crippen LogP contribution in [0.1, 0.15) is 11.3 Å². The molecule has 2 aliphatic heterocycles. The van der Waals surface area contributed by atoms with Crippen molar-refractivity contribution >= 4 is 23.8 Å². The number of fused-ring (bicyclic) bond motifs is 1. The van der Waals surface area contributed by atoms with Crippen molar-refractivity contribution in [1.29, 1.82) is 0 Å². The van der Waals surface area contributed by atoms with Gasteiger partial charge in [-0.25, -0.2) is 9.79 Å². The summed E-state index contributed by atoms with van der Waals surface area (Å²) in [4.78, 5) is 25.9. The third-order valence-electron chi connectivity index (χ3n) is 3.31. The lowest BCUT2D eigenvalue weighted by molar-refractivity contribution is -0.402. The Labute approximate surface area is 133 Å². The monoisotopic (exact) mass is 328 g/mol. The number of nitrogens with zero attached hydrogens (tertiary/aromatic N) is 2. The lowest BCUT2D eigenvalue weighted by atomic mass is 10.2. The van der Waals surface area contributed by atoms with E-state index in [9.17, 15) is 14.9 Å². The molecule has 2 aliphatic rings. The van der Waals surface area contributed by atoms with E-state index >= 15 is 0 Å². The average Bonchev–Trinajstić information content (AvgIpc) is 3.27. The van der Waals surface area contributed by atoms with Gasteiger partial charge in [-0.1, -0.05) is 0 Å². The zero-order valence-corrected chi connectivity index (χ0v) is 11.9. The molecule has 3 heterocycles. The van der Waals surface area contributed by atoms with Gasteiger partial charge in [-0.3, -0.25) is 10.1 Å². The van der Waals surface area contributed by atoms with Gasteiger partial charge < -0.3 is 18.6 Å². The molecule has 24 heavy (non-hydrogen) atoms. The lowest BCUT2D eigenvalue weighted by Crippen LogP contribution is -2.05. The fourth-order valence-corrected chi connectivity index (χ4v) is 2.21. The van der Waals surface area contributed by atoms with Crippen molar-refractivity contribution in [2.24, 2.45) is 4.99 Å². The molecule has 9 nitrogen and oxygen atoms in total. The number of furan rings is 1. The van der Waals surface area contributed by atoms with E-state index in [-0.39, 0.29) is 24.1 Å². The molecule has 0 unspecified atom stereocenters. The van der Waals surface area contributed by atoms with E-state index in [1.807, 2.05) is 0 Å². The summed E-state index contributed by atoms with van der Waals surface area (Å²) in [6.07, 6.45) is 1.27. The van der Waals surface area contributed by atoms with Crippen LogP contribution >= 0.6 is 0 Å². The first-order valence-electron chi connectivity index (χ1n) is 6.77. The normalized spacial score (nSPS) is 17.1. The molecule has 0 fully saturated rings. The molecule has 1 aromatic carbocycles. The van der Waals surface area contributed by atoms with Crippen LogP contribution in [-0.2, 0) is 9.53 Å². The molecule has 0 spiro atoms. The minimum Gasteiger partial charge on any atom is -0.454 e. The predicted molar refractivity (Wildman–Crippen MR) is 78.5 cm³/mol. The Kier molecular flexibility index (Phi) is 3.05. The van der Waals surface area contributed by atoms with Crippen LogP contribution in [0.4, 0.5) is 5.88 Å². The third kappa shape index (κ3) is 2.37. The SMILES string of the molecule is O=C1OC(c2ccc3c(c2)OCO3)=N/C1=C\c1ccc([N+](=O)[O-])o1. The van der Waals surface area contributed by atoms with Gasteiger partial charge in [0.1, 0.15) is 10.7 Å². The molecule has 0 radical (unpaired) electrons. The fourth-order valence-electron chi connectivity index (χ4n) is 2.21. The van der Waals surface area contributed by atoms with Crippen molar-refractivity contribution in [2.75, 3.05) is 6.79 Å². The third-order valence-corrected chi connectivity index (χ3v) is 3.31. The summed E-state index contributed by atoms with van der Waals surface area (Å²) >= 11 is 0. The second kappa shape index (κ2) is 5.23. The number of hydrogen-bond donors (Lipinski definition) is 0. The van der Waals surface area contributed by atoms with Gasteiger partial charge in [0.2, 0.25) is 12.7 Å². The number of ether oxygens (including phenoxy) is 3. The van der Waals surface area contributed by atoms with Crippen molar-refractivity contribution in [3.63, 3.8) is 0 Å². The first-order chi connectivity index (χ1) is 11.6. The topological polar surface area (TPSA) is 113 Å². The highest BCUT2D eigenvalue weighted by Gasteiger charge is 2.26. The summed E-state index contributed by atoms with van der Waals surface area (Å²) in [6.45, 7) is 0.132. The Hall–Kier alpha value is -3.62. The smallest absolute Gasteiger partial charge is 0.433 e. The maximum atomic E-state index is 11.9. The van der Waals surface area contributed by atoms with E-state index in [4.69, 9.17) is 18.6 Å². The molecule has 4 rings (SSSR count). The van der Waals surface area contributed by atoms with Crippen molar-refractivity contribution in [3.8, 4) is 11.5 Å². The number of aliphatic imine (C=N–C) groups is 1. The van der Waals surface area contributed by atoms with Crippen molar-refractivity contribution < 1.29 is 28.3 Å². The molecular formula is C15H8N2O7. The van der Waals surface area contributed by atoms with Gasteiger partial charge in [0.05, 0.1) is 6.07 Å². The summed E-state index contributed by atoms with van der Waals surface area (Å²) in [5.41, 5.74) is 0.522. The van der Waals surface area contributed by atoms with Gasteiger partial charge in [0, 0.05) is 11.6 Å². The van der Waals surface area contributed by atoms with Gasteiger partial charge in [-0.2, -0.15) is 0 Å². The van der Waals surface area contributed by atoms with E-state index in [1.54, 1.807) is 18.2 Å². The molecule has 0 amide bonds. The summed E-state index contributed by atoms with van der Waals surface area (Å²) in [5, 5.41) is 10.6. The zero-order valence-electron chi connectivity index (χ0n) is 11.9. The summed E-state index contributed by atoms with van der Waals surface area (Å²) < 4.78 is 20.6. The van der Waals surface area contributed by atoms with Crippen LogP contribution in [0.5, 0.6) is 11.5 Å².